The van der Waals surface area contributed by atoms with Crippen molar-refractivity contribution in [3.8, 4) is 0 Å². The maximum absolute atomic E-state index is 12.2. The molecule has 0 unspecified atom stereocenters. The van der Waals surface area contributed by atoms with Gasteiger partial charge in [0.1, 0.15) is 5.82 Å². The van der Waals surface area contributed by atoms with Gasteiger partial charge in [-0.05, 0) is 31.4 Å². The van der Waals surface area contributed by atoms with Gasteiger partial charge < -0.3 is 10.2 Å². The zero-order chi connectivity index (χ0) is 13.0. The molecule has 1 fully saturated rings. The van der Waals surface area contributed by atoms with E-state index in [9.17, 15) is 9.59 Å². The molecular weight excluding hydrogens is 230 g/mol. The Bertz CT molecular complexity index is 453. The highest BCUT2D eigenvalue weighted by Gasteiger charge is 2.18. The van der Waals surface area contributed by atoms with E-state index in [1.165, 1.54) is 13.3 Å². The van der Waals surface area contributed by atoms with E-state index in [2.05, 4.69) is 10.3 Å². The molecule has 1 aliphatic rings. The van der Waals surface area contributed by atoms with Gasteiger partial charge in [0.25, 0.3) is 5.91 Å². The van der Waals surface area contributed by atoms with Crippen LogP contribution in [0.25, 0.3) is 0 Å². The zero-order valence-electron chi connectivity index (χ0n) is 10.5. The number of pyridine rings is 1. The zero-order valence-corrected chi connectivity index (χ0v) is 10.5. The van der Waals surface area contributed by atoms with Crippen LogP contribution in [-0.4, -0.2) is 34.8 Å². The molecule has 1 saturated heterocycles. The Kier molecular flexibility index (Phi) is 3.92. The summed E-state index contributed by atoms with van der Waals surface area (Å²) in [5, 5.41) is 2.58. The van der Waals surface area contributed by atoms with Crippen molar-refractivity contribution in [1.82, 2.24) is 9.88 Å². The van der Waals surface area contributed by atoms with Crippen LogP contribution in [0.15, 0.2) is 18.3 Å². The highest BCUT2D eigenvalue weighted by Crippen LogP contribution is 2.14. The van der Waals surface area contributed by atoms with E-state index in [0.29, 0.717) is 11.4 Å². The van der Waals surface area contributed by atoms with Gasteiger partial charge in [-0.25, -0.2) is 4.98 Å². The summed E-state index contributed by atoms with van der Waals surface area (Å²) in [5.41, 5.74) is 0.579. The Morgan fingerprint density at radius 3 is 2.67 bits per heavy atom. The first-order chi connectivity index (χ1) is 8.66. The van der Waals surface area contributed by atoms with Gasteiger partial charge in [0.05, 0.1) is 0 Å². The third-order valence-corrected chi connectivity index (χ3v) is 2.95. The van der Waals surface area contributed by atoms with E-state index in [0.717, 1.165) is 25.9 Å². The molecule has 18 heavy (non-hydrogen) atoms. The van der Waals surface area contributed by atoms with E-state index in [4.69, 9.17) is 0 Å². The Labute approximate surface area is 106 Å². The lowest BCUT2D eigenvalue weighted by Gasteiger charge is -2.26. The quantitative estimate of drug-likeness (QED) is 0.864. The van der Waals surface area contributed by atoms with Crippen LogP contribution in [0.4, 0.5) is 5.82 Å². The molecule has 96 valence electrons. The number of nitrogens with one attached hydrogen (secondary N) is 1. The second-order valence-electron chi connectivity index (χ2n) is 4.46. The summed E-state index contributed by atoms with van der Waals surface area (Å²) >= 11 is 0. The maximum Gasteiger partial charge on any atom is 0.254 e. The molecule has 0 atom stereocenters. The average Bonchev–Trinajstić information content (AvgIpc) is 2.38. The van der Waals surface area contributed by atoms with Gasteiger partial charge in [0.15, 0.2) is 0 Å². The van der Waals surface area contributed by atoms with Crippen molar-refractivity contribution in [2.45, 2.75) is 26.2 Å². The van der Waals surface area contributed by atoms with Crippen LogP contribution in [0.1, 0.15) is 36.5 Å². The minimum absolute atomic E-state index is 0.0173. The van der Waals surface area contributed by atoms with Gasteiger partial charge in [-0.3, -0.25) is 9.59 Å². The fraction of sp³-hybridized carbons (Fsp3) is 0.462. The SMILES string of the molecule is CC(=O)Nc1cc(C(=O)N2CCCCC2)ccn1. The standard InChI is InChI=1S/C13H17N3O2/c1-10(17)15-12-9-11(5-6-14-12)13(18)16-7-3-2-4-8-16/h5-6,9H,2-4,7-8H2,1H3,(H,14,15,17). The number of amides is 2. The van der Waals surface area contributed by atoms with Crippen LogP contribution in [0.3, 0.4) is 0 Å². The number of rotatable bonds is 2. The molecule has 5 nitrogen and oxygen atoms in total. The Hall–Kier alpha value is -1.91. The summed E-state index contributed by atoms with van der Waals surface area (Å²) in [6.45, 7) is 3.05. The van der Waals surface area contributed by atoms with E-state index in [1.54, 1.807) is 18.3 Å². The predicted molar refractivity (Wildman–Crippen MR) is 68.3 cm³/mol. The number of aromatic nitrogens is 1. The Balaban J connectivity index is 2.11. The molecule has 0 saturated carbocycles. The molecular formula is C13H17N3O2. The van der Waals surface area contributed by atoms with Gasteiger partial charge in [-0.2, -0.15) is 0 Å². The molecule has 1 aliphatic heterocycles. The van der Waals surface area contributed by atoms with E-state index < -0.39 is 0 Å². The smallest absolute Gasteiger partial charge is 0.254 e. The van der Waals surface area contributed by atoms with Gasteiger partial charge in [-0.1, -0.05) is 0 Å². The minimum Gasteiger partial charge on any atom is -0.339 e. The van der Waals surface area contributed by atoms with Crippen LogP contribution < -0.4 is 5.32 Å². The van der Waals surface area contributed by atoms with Crippen molar-refractivity contribution in [2.24, 2.45) is 0 Å². The number of nitrogens with zero attached hydrogens (tertiary/aromatic N) is 2. The Morgan fingerprint density at radius 2 is 2.00 bits per heavy atom. The Morgan fingerprint density at radius 1 is 1.28 bits per heavy atom. The lowest BCUT2D eigenvalue weighted by Crippen LogP contribution is -2.35. The summed E-state index contributed by atoms with van der Waals surface area (Å²) in [7, 11) is 0. The maximum atomic E-state index is 12.2. The van der Waals surface area contributed by atoms with Crippen LogP contribution in [-0.2, 0) is 4.79 Å². The molecule has 1 aromatic rings. The number of carbonyl (C=O) groups is 2. The first-order valence-electron chi connectivity index (χ1n) is 6.20. The highest BCUT2D eigenvalue weighted by molar-refractivity contribution is 5.96. The largest absolute Gasteiger partial charge is 0.339 e. The van der Waals surface area contributed by atoms with Crippen molar-refractivity contribution in [1.29, 1.82) is 0 Å². The van der Waals surface area contributed by atoms with Gasteiger partial charge in [-0.15, -0.1) is 0 Å². The average molecular weight is 247 g/mol. The molecule has 0 spiro atoms. The molecule has 5 heteroatoms. The van der Waals surface area contributed by atoms with E-state index >= 15 is 0 Å². The number of likely N-dealkylation sites (tertiary alicyclic amines) is 1. The number of piperidine rings is 1. The molecule has 0 radical (unpaired) electrons. The second-order valence-corrected chi connectivity index (χ2v) is 4.46. The second kappa shape index (κ2) is 5.62. The van der Waals surface area contributed by atoms with Crippen molar-refractivity contribution in [3.63, 3.8) is 0 Å². The molecule has 1 aromatic heterocycles. The van der Waals surface area contributed by atoms with Crippen LogP contribution in [0.5, 0.6) is 0 Å². The lowest BCUT2D eigenvalue weighted by molar-refractivity contribution is -0.114. The monoisotopic (exact) mass is 247 g/mol. The number of hydrogen-bond donors (Lipinski definition) is 1. The summed E-state index contributed by atoms with van der Waals surface area (Å²) in [6, 6.07) is 3.31. The van der Waals surface area contributed by atoms with Crippen molar-refractivity contribution in [3.05, 3.63) is 23.9 Å². The number of hydrogen-bond acceptors (Lipinski definition) is 3. The first-order valence-corrected chi connectivity index (χ1v) is 6.20. The first kappa shape index (κ1) is 12.5. The number of anilines is 1. The molecule has 0 bridgehead atoms. The summed E-state index contributed by atoms with van der Waals surface area (Å²) in [5.74, 6) is 0.249. The van der Waals surface area contributed by atoms with Crippen LogP contribution in [0.2, 0.25) is 0 Å². The molecule has 0 aliphatic carbocycles. The van der Waals surface area contributed by atoms with Crippen LogP contribution >= 0.6 is 0 Å². The van der Waals surface area contributed by atoms with E-state index in [1.807, 2.05) is 4.90 Å². The molecule has 1 N–H and O–H groups in total. The van der Waals surface area contributed by atoms with Crippen LogP contribution in [0, 0.1) is 0 Å². The number of carbonyl (C=O) groups excluding carboxylic acids is 2. The summed E-state index contributed by atoms with van der Waals surface area (Å²) in [4.78, 5) is 29.0. The highest BCUT2D eigenvalue weighted by atomic mass is 16.2. The predicted octanol–water partition coefficient (Wildman–Crippen LogP) is 1.67. The third-order valence-electron chi connectivity index (χ3n) is 2.95. The van der Waals surface area contributed by atoms with Gasteiger partial charge in [0, 0.05) is 31.8 Å². The van der Waals surface area contributed by atoms with Crippen molar-refractivity contribution >= 4 is 17.6 Å². The molecule has 0 aromatic carbocycles. The molecule has 2 heterocycles. The van der Waals surface area contributed by atoms with Crippen molar-refractivity contribution < 1.29 is 9.59 Å². The van der Waals surface area contributed by atoms with Gasteiger partial charge in [0.2, 0.25) is 5.91 Å². The fourth-order valence-corrected chi connectivity index (χ4v) is 2.09. The molecule has 2 rings (SSSR count). The molecule has 2 amide bonds. The minimum atomic E-state index is -0.190. The summed E-state index contributed by atoms with van der Waals surface area (Å²) < 4.78 is 0. The normalized spacial score (nSPS) is 15.3. The van der Waals surface area contributed by atoms with Crippen molar-refractivity contribution in [2.75, 3.05) is 18.4 Å². The summed E-state index contributed by atoms with van der Waals surface area (Å²) in [6.07, 6.45) is 4.87. The van der Waals surface area contributed by atoms with Gasteiger partial charge >= 0.3 is 0 Å². The fourth-order valence-electron chi connectivity index (χ4n) is 2.09. The lowest BCUT2D eigenvalue weighted by atomic mass is 10.1. The topological polar surface area (TPSA) is 62.3 Å². The van der Waals surface area contributed by atoms with E-state index in [-0.39, 0.29) is 11.8 Å². The third kappa shape index (κ3) is 3.06.